The second-order valence-corrected chi connectivity index (χ2v) is 8.88. The molecule has 3 aromatic rings. The Kier molecular flexibility index (Phi) is 5.57. The molecule has 7 heteroatoms. The summed E-state index contributed by atoms with van der Waals surface area (Å²) in [7, 11) is 1.61. The highest BCUT2D eigenvalue weighted by molar-refractivity contribution is 7.98. The lowest BCUT2D eigenvalue weighted by Gasteiger charge is -2.32. The lowest BCUT2D eigenvalue weighted by Crippen LogP contribution is -2.32. The van der Waals surface area contributed by atoms with Crippen LogP contribution in [0.5, 0.6) is 5.75 Å². The topological polar surface area (TPSA) is 84.1 Å². The van der Waals surface area contributed by atoms with Gasteiger partial charge in [-0.2, -0.15) is 0 Å². The second kappa shape index (κ2) is 8.67. The van der Waals surface area contributed by atoms with Gasteiger partial charge in [-0.3, -0.25) is 9.59 Å². The SMILES string of the molecule is COc1cccc([C@H]2C3=C(CCCC3=O)Nc3nc(SCc4ccccc4)[nH]c(=O)c32)c1. The van der Waals surface area contributed by atoms with Crippen LogP contribution < -0.4 is 15.6 Å². The van der Waals surface area contributed by atoms with Gasteiger partial charge in [0.25, 0.3) is 5.56 Å². The van der Waals surface area contributed by atoms with E-state index in [4.69, 9.17) is 9.72 Å². The Hall–Kier alpha value is -3.32. The van der Waals surface area contributed by atoms with Crippen molar-refractivity contribution in [1.82, 2.24) is 9.97 Å². The zero-order chi connectivity index (χ0) is 22.1. The molecular formula is C25H23N3O3S. The number of ketones is 1. The summed E-state index contributed by atoms with van der Waals surface area (Å²) in [6.07, 6.45) is 2.05. The molecule has 32 heavy (non-hydrogen) atoms. The molecule has 0 bridgehead atoms. The summed E-state index contributed by atoms with van der Waals surface area (Å²) < 4.78 is 5.40. The summed E-state index contributed by atoms with van der Waals surface area (Å²) in [6.45, 7) is 0. The van der Waals surface area contributed by atoms with Crippen LogP contribution >= 0.6 is 11.8 Å². The van der Waals surface area contributed by atoms with Crippen LogP contribution in [0.1, 0.15) is 41.9 Å². The van der Waals surface area contributed by atoms with Gasteiger partial charge in [-0.1, -0.05) is 54.2 Å². The number of hydrogen-bond donors (Lipinski definition) is 2. The minimum atomic E-state index is -0.464. The number of benzene rings is 2. The Morgan fingerprint density at radius 2 is 1.94 bits per heavy atom. The zero-order valence-electron chi connectivity index (χ0n) is 17.7. The van der Waals surface area contributed by atoms with Crippen molar-refractivity contribution in [3.8, 4) is 5.75 Å². The van der Waals surface area contributed by atoms with Gasteiger partial charge in [0, 0.05) is 29.4 Å². The number of nitrogens with zero attached hydrogens (tertiary/aromatic N) is 1. The number of aromatic nitrogens is 2. The summed E-state index contributed by atoms with van der Waals surface area (Å²) in [5.41, 5.74) is 3.81. The van der Waals surface area contributed by atoms with E-state index < -0.39 is 5.92 Å². The van der Waals surface area contributed by atoms with Crippen LogP contribution in [0.25, 0.3) is 0 Å². The average molecular weight is 446 g/mol. The van der Waals surface area contributed by atoms with Crippen LogP contribution in [0.15, 0.2) is 75.8 Å². The normalized spacial score (nSPS) is 17.4. The first-order valence-electron chi connectivity index (χ1n) is 10.6. The molecule has 0 saturated heterocycles. The lowest BCUT2D eigenvalue weighted by atomic mass is 9.76. The molecule has 0 unspecified atom stereocenters. The Labute approximate surface area is 190 Å². The number of aromatic amines is 1. The predicted molar refractivity (Wildman–Crippen MR) is 125 cm³/mol. The van der Waals surface area contributed by atoms with E-state index in [-0.39, 0.29) is 11.3 Å². The van der Waals surface area contributed by atoms with E-state index in [1.165, 1.54) is 11.8 Å². The Morgan fingerprint density at radius 3 is 2.75 bits per heavy atom. The van der Waals surface area contributed by atoms with E-state index in [0.29, 0.717) is 40.0 Å². The molecule has 2 heterocycles. The van der Waals surface area contributed by atoms with Crippen LogP contribution in [-0.2, 0) is 10.5 Å². The molecule has 0 radical (unpaired) electrons. The number of carbonyl (C=O) groups is 1. The van der Waals surface area contributed by atoms with Gasteiger partial charge in [0.15, 0.2) is 10.9 Å². The largest absolute Gasteiger partial charge is 0.497 e. The molecule has 1 aliphatic carbocycles. The minimum absolute atomic E-state index is 0.0825. The maximum atomic E-state index is 13.3. The predicted octanol–water partition coefficient (Wildman–Crippen LogP) is 4.64. The first kappa shape index (κ1) is 20.6. The average Bonchev–Trinajstić information content (AvgIpc) is 2.82. The number of ether oxygens (including phenoxy) is 1. The minimum Gasteiger partial charge on any atom is -0.497 e. The fourth-order valence-corrected chi connectivity index (χ4v) is 5.21. The fraction of sp³-hybridized carbons (Fsp3) is 0.240. The maximum Gasteiger partial charge on any atom is 0.257 e. The number of carbonyl (C=O) groups excluding carboxylic acids is 1. The van der Waals surface area contributed by atoms with Crippen molar-refractivity contribution in [2.75, 3.05) is 12.4 Å². The number of anilines is 1. The van der Waals surface area contributed by atoms with Gasteiger partial charge in [0.2, 0.25) is 0 Å². The van der Waals surface area contributed by atoms with Crippen molar-refractivity contribution in [2.45, 2.75) is 36.1 Å². The maximum absolute atomic E-state index is 13.3. The molecule has 5 rings (SSSR count). The summed E-state index contributed by atoms with van der Waals surface area (Å²) >= 11 is 1.48. The summed E-state index contributed by atoms with van der Waals surface area (Å²) in [4.78, 5) is 33.9. The number of Topliss-reactive ketones (excluding diaryl/α,β-unsaturated/α-hetero) is 1. The Morgan fingerprint density at radius 1 is 1.09 bits per heavy atom. The van der Waals surface area contributed by atoms with Gasteiger partial charge >= 0.3 is 0 Å². The van der Waals surface area contributed by atoms with Crippen LogP contribution in [0.4, 0.5) is 5.82 Å². The standard InChI is InChI=1S/C25H23N3O3S/c1-31-17-10-5-9-16(13-17)20-21-18(11-6-12-19(21)29)26-23-22(20)24(30)28-25(27-23)32-14-15-7-3-2-4-8-15/h2-5,7-10,13,20H,6,11-12,14H2,1H3,(H2,26,27,28,30)/t20-/m0/s1. The van der Waals surface area contributed by atoms with E-state index in [1.54, 1.807) is 7.11 Å². The van der Waals surface area contributed by atoms with E-state index in [1.807, 2.05) is 54.6 Å². The van der Waals surface area contributed by atoms with Crippen molar-refractivity contribution in [3.05, 3.63) is 92.9 Å². The third-order valence-electron chi connectivity index (χ3n) is 5.88. The van der Waals surface area contributed by atoms with E-state index in [2.05, 4.69) is 10.3 Å². The van der Waals surface area contributed by atoms with Gasteiger partial charge < -0.3 is 15.0 Å². The second-order valence-electron chi connectivity index (χ2n) is 7.91. The molecule has 0 saturated carbocycles. The Bertz CT molecular complexity index is 1270. The molecule has 1 atom stereocenters. The van der Waals surface area contributed by atoms with Crippen LogP contribution in [-0.4, -0.2) is 22.9 Å². The molecule has 0 spiro atoms. The van der Waals surface area contributed by atoms with Gasteiger partial charge in [0.1, 0.15) is 11.6 Å². The highest BCUT2D eigenvalue weighted by atomic mass is 32.2. The van der Waals surface area contributed by atoms with Gasteiger partial charge in [0.05, 0.1) is 12.7 Å². The molecule has 2 aliphatic rings. The molecule has 1 aromatic heterocycles. The number of allylic oxidation sites excluding steroid dienone is 2. The summed E-state index contributed by atoms with van der Waals surface area (Å²) in [5, 5.41) is 3.88. The molecule has 2 N–H and O–H groups in total. The summed E-state index contributed by atoms with van der Waals surface area (Å²) in [6, 6.07) is 17.6. The van der Waals surface area contributed by atoms with E-state index >= 15 is 0 Å². The van der Waals surface area contributed by atoms with Crippen LogP contribution in [0, 0.1) is 0 Å². The highest BCUT2D eigenvalue weighted by Crippen LogP contribution is 2.44. The van der Waals surface area contributed by atoms with Crippen molar-refractivity contribution in [1.29, 1.82) is 0 Å². The third kappa shape index (κ3) is 3.84. The van der Waals surface area contributed by atoms with Crippen LogP contribution in [0.2, 0.25) is 0 Å². The van der Waals surface area contributed by atoms with Crippen LogP contribution in [0.3, 0.4) is 0 Å². The van der Waals surface area contributed by atoms with E-state index in [0.717, 1.165) is 29.7 Å². The first-order chi connectivity index (χ1) is 15.6. The third-order valence-corrected chi connectivity index (χ3v) is 6.83. The molecule has 2 aromatic carbocycles. The van der Waals surface area contributed by atoms with Crippen molar-refractivity contribution in [3.63, 3.8) is 0 Å². The number of nitrogens with one attached hydrogen (secondary N) is 2. The number of rotatable bonds is 5. The first-order valence-corrected chi connectivity index (χ1v) is 11.6. The number of H-pyrrole nitrogens is 1. The number of methoxy groups -OCH3 is 1. The molecule has 6 nitrogen and oxygen atoms in total. The molecule has 0 fully saturated rings. The molecular weight excluding hydrogens is 422 g/mol. The van der Waals surface area contributed by atoms with Crippen molar-refractivity contribution in [2.24, 2.45) is 0 Å². The molecule has 162 valence electrons. The molecule has 1 aliphatic heterocycles. The zero-order valence-corrected chi connectivity index (χ0v) is 18.5. The number of fused-ring (bicyclic) bond motifs is 1. The van der Waals surface area contributed by atoms with Gasteiger partial charge in [-0.25, -0.2) is 4.98 Å². The van der Waals surface area contributed by atoms with Gasteiger partial charge in [-0.15, -0.1) is 0 Å². The number of thioether (sulfide) groups is 1. The highest BCUT2D eigenvalue weighted by Gasteiger charge is 2.38. The van der Waals surface area contributed by atoms with Crippen molar-refractivity contribution >= 4 is 23.4 Å². The van der Waals surface area contributed by atoms with E-state index in [9.17, 15) is 9.59 Å². The quantitative estimate of drug-likeness (QED) is 0.440. The fourth-order valence-electron chi connectivity index (χ4n) is 4.39. The molecule has 0 amide bonds. The monoisotopic (exact) mass is 445 g/mol. The lowest BCUT2D eigenvalue weighted by molar-refractivity contribution is -0.116. The smallest absolute Gasteiger partial charge is 0.257 e. The van der Waals surface area contributed by atoms with Gasteiger partial charge in [-0.05, 0) is 36.1 Å². The number of hydrogen-bond acceptors (Lipinski definition) is 6. The van der Waals surface area contributed by atoms with Crippen molar-refractivity contribution < 1.29 is 9.53 Å². The summed E-state index contributed by atoms with van der Waals surface area (Å²) in [5.74, 6) is 1.54. The Balaban J connectivity index is 1.58.